The Balaban J connectivity index is 1.48. The summed E-state index contributed by atoms with van der Waals surface area (Å²) in [5, 5.41) is 23.6. The number of aliphatic hydroxyl groups is 1. The second-order valence-corrected chi connectivity index (χ2v) is 12.7. The first-order valence-corrected chi connectivity index (χ1v) is 16.1. The minimum atomic E-state index is -4.07. The molecule has 2 aromatic rings. The molecule has 4 rings (SSSR count). The standard InChI is InChI=1S/C30H42N2O9S/c1-4-19(5-2)14-21-16-23(38-3)10-11-25(21)32-42(36,37)18-27(34)28(15-20-6-8-22(33)9-7-20)41-30(35)31-26-17-40-29-24(26)12-13-39-29/h6-11,16,19,24,26-29,32-34H,4-5,12-15,17-18H2,1-3H3,(H,31,35)/t24?,26?,27-,28-,29?/m0/s1. The van der Waals surface area contributed by atoms with E-state index in [-0.39, 0.29) is 37.0 Å². The molecule has 2 aliphatic heterocycles. The van der Waals surface area contributed by atoms with Gasteiger partial charge in [0.05, 0.1) is 37.8 Å². The number of benzene rings is 2. The van der Waals surface area contributed by atoms with Crippen molar-refractivity contribution in [1.82, 2.24) is 5.32 Å². The van der Waals surface area contributed by atoms with Crippen LogP contribution in [-0.2, 0) is 37.1 Å². The Kier molecular flexibility index (Phi) is 10.9. The topological polar surface area (TPSA) is 153 Å². The van der Waals surface area contributed by atoms with E-state index in [9.17, 15) is 23.4 Å². The molecule has 5 atom stereocenters. The number of anilines is 1. The Bertz CT molecular complexity index is 1280. The number of phenols is 1. The number of methoxy groups -OCH3 is 1. The van der Waals surface area contributed by atoms with Crippen LogP contribution in [0.1, 0.15) is 44.2 Å². The normalized spacial score (nSPS) is 21.5. The van der Waals surface area contributed by atoms with Crippen molar-refractivity contribution in [3.63, 3.8) is 0 Å². The number of sulfonamides is 1. The number of amides is 1. The number of alkyl carbamates (subject to hydrolysis) is 1. The number of ether oxygens (including phenoxy) is 4. The van der Waals surface area contributed by atoms with E-state index in [2.05, 4.69) is 23.9 Å². The maximum Gasteiger partial charge on any atom is 0.407 e. The van der Waals surface area contributed by atoms with Crippen molar-refractivity contribution in [3.05, 3.63) is 53.6 Å². The maximum atomic E-state index is 13.3. The Morgan fingerprint density at radius 1 is 1.10 bits per heavy atom. The molecule has 232 valence electrons. The highest BCUT2D eigenvalue weighted by Crippen LogP contribution is 2.31. The summed E-state index contributed by atoms with van der Waals surface area (Å²) in [6.07, 6.45) is -0.572. The fraction of sp³-hybridized carbons (Fsp3) is 0.567. The van der Waals surface area contributed by atoms with Crippen LogP contribution in [0.3, 0.4) is 0 Å². The molecule has 2 saturated heterocycles. The van der Waals surface area contributed by atoms with Gasteiger partial charge in [0.1, 0.15) is 23.7 Å². The molecular formula is C30H42N2O9S. The van der Waals surface area contributed by atoms with E-state index in [1.54, 1.807) is 31.4 Å². The molecule has 0 radical (unpaired) electrons. The lowest BCUT2D eigenvalue weighted by Crippen LogP contribution is -2.45. The van der Waals surface area contributed by atoms with Crippen LogP contribution >= 0.6 is 0 Å². The van der Waals surface area contributed by atoms with E-state index in [1.807, 2.05) is 6.07 Å². The molecule has 0 bridgehead atoms. The molecule has 0 aromatic heterocycles. The van der Waals surface area contributed by atoms with E-state index < -0.39 is 34.1 Å². The molecule has 11 nitrogen and oxygen atoms in total. The van der Waals surface area contributed by atoms with Crippen LogP contribution < -0.4 is 14.8 Å². The van der Waals surface area contributed by atoms with Gasteiger partial charge in [-0.05, 0) is 60.2 Å². The molecule has 0 spiro atoms. The first-order chi connectivity index (χ1) is 20.1. The Morgan fingerprint density at radius 3 is 2.52 bits per heavy atom. The van der Waals surface area contributed by atoms with Crippen molar-refractivity contribution in [2.75, 3.05) is 30.8 Å². The minimum Gasteiger partial charge on any atom is -0.508 e. The molecule has 4 N–H and O–H groups in total. The van der Waals surface area contributed by atoms with Gasteiger partial charge in [-0.1, -0.05) is 38.8 Å². The fourth-order valence-electron chi connectivity index (χ4n) is 5.45. The van der Waals surface area contributed by atoms with Crippen molar-refractivity contribution in [3.8, 4) is 11.5 Å². The zero-order chi connectivity index (χ0) is 30.3. The van der Waals surface area contributed by atoms with Gasteiger partial charge in [-0.3, -0.25) is 4.72 Å². The summed E-state index contributed by atoms with van der Waals surface area (Å²) in [6.45, 7) is 5.01. The van der Waals surface area contributed by atoms with E-state index in [0.717, 1.165) is 24.8 Å². The predicted octanol–water partition coefficient (Wildman–Crippen LogP) is 3.58. The number of aromatic hydroxyl groups is 1. The van der Waals surface area contributed by atoms with Gasteiger partial charge in [-0.2, -0.15) is 0 Å². The SMILES string of the molecule is CCC(CC)Cc1cc(OC)ccc1NS(=O)(=O)C[C@H](O)[C@H](Cc1ccc(O)cc1)OC(=O)NC1COC2OCCC12. The number of phenolic OH excluding ortho intramolecular Hbond substituents is 1. The van der Waals surface area contributed by atoms with Crippen molar-refractivity contribution in [1.29, 1.82) is 0 Å². The second kappa shape index (κ2) is 14.4. The van der Waals surface area contributed by atoms with Crippen molar-refractivity contribution in [2.24, 2.45) is 11.8 Å². The van der Waals surface area contributed by atoms with Crippen LogP contribution in [0.5, 0.6) is 11.5 Å². The lowest BCUT2D eigenvalue weighted by Gasteiger charge is -2.25. The van der Waals surface area contributed by atoms with Crippen LogP contribution in [0, 0.1) is 11.8 Å². The predicted molar refractivity (Wildman–Crippen MR) is 157 cm³/mol. The molecule has 12 heteroatoms. The number of aliphatic hydroxyl groups excluding tert-OH is 1. The van der Waals surface area contributed by atoms with Gasteiger partial charge >= 0.3 is 6.09 Å². The summed E-state index contributed by atoms with van der Waals surface area (Å²) in [5.41, 5.74) is 1.86. The number of hydrogen-bond donors (Lipinski definition) is 4. The van der Waals surface area contributed by atoms with Crippen LogP contribution in [0.2, 0.25) is 0 Å². The van der Waals surface area contributed by atoms with E-state index in [4.69, 9.17) is 18.9 Å². The van der Waals surface area contributed by atoms with E-state index in [1.165, 1.54) is 12.1 Å². The first kappa shape index (κ1) is 31.9. The van der Waals surface area contributed by atoms with Gasteiger partial charge < -0.3 is 34.5 Å². The van der Waals surface area contributed by atoms with Gasteiger partial charge in [-0.15, -0.1) is 0 Å². The molecule has 2 aliphatic rings. The number of fused-ring (bicyclic) bond motifs is 1. The molecule has 42 heavy (non-hydrogen) atoms. The quantitative estimate of drug-likeness (QED) is 0.253. The third-order valence-corrected chi connectivity index (χ3v) is 9.35. The van der Waals surface area contributed by atoms with Gasteiger partial charge in [0.2, 0.25) is 10.0 Å². The van der Waals surface area contributed by atoms with Crippen molar-refractivity contribution in [2.45, 2.75) is 70.5 Å². The second-order valence-electron chi connectivity index (χ2n) is 11.0. The summed E-state index contributed by atoms with van der Waals surface area (Å²) in [6, 6.07) is 11.0. The number of rotatable bonds is 14. The third kappa shape index (κ3) is 8.50. The third-order valence-electron chi connectivity index (χ3n) is 8.04. The monoisotopic (exact) mass is 606 g/mol. The summed E-state index contributed by atoms with van der Waals surface area (Å²) in [4.78, 5) is 12.9. The zero-order valence-electron chi connectivity index (χ0n) is 24.3. The summed E-state index contributed by atoms with van der Waals surface area (Å²) in [7, 11) is -2.51. The average Bonchev–Trinajstić information content (AvgIpc) is 3.58. The molecule has 1 amide bonds. The van der Waals surface area contributed by atoms with Gasteiger partial charge in [-0.25, -0.2) is 13.2 Å². The summed E-state index contributed by atoms with van der Waals surface area (Å²) >= 11 is 0. The van der Waals surface area contributed by atoms with Crippen LogP contribution in [0.4, 0.5) is 10.5 Å². The number of carbonyl (C=O) groups is 1. The lowest BCUT2D eigenvalue weighted by atomic mass is 9.93. The molecule has 2 aromatic carbocycles. The largest absolute Gasteiger partial charge is 0.508 e. The highest BCUT2D eigenvalue weighted by molar-refractivity contribution is 7.92. The number of nitrogens with one attached hydrogen (secondary N) is 2. The molecule has 3 unspecified atom stereocenters. The van der Waals surface area contributed by atoms with Gasteiger partial charge in [0.15, 0.2) is 6.29 Å². The van der Waals surface area contributed by atoms with Gasteiger partial charge in [0, 0.05) is 12.3 Å². The highest BCUT2D eigenvalue weighted by Gasteiger charge is 2.43. The molecule has 0 saturated carbocycles. The van der Waals surface area contributed by atoms with E-state index >= 15 is 0 Å². The Morgan fingerprint density at radius 2 is 1.83 bits per heavy atom. The molecule has 2 fully saturated rings. The zero-order valence-corrected chi connectivity index (χ0v) is 25.1. The Labute approximate surface area is 247 Å². The maximum absolute atomic E-state index is 13.3. The molecule has 0 aliphatic carbocycles. The first-order valence-electron chi connectivity index (χ1n) is 14.4. The summed E-state index contributed by atoms with van der Waals surface area (Å²) < 4.78 is 51.3. The Hall–Kier alpha value is -3.06. The fourth-order valence-corrected chi connectivity index (χ4v) is 6.73. The smallest absolute Gasteiger partial charge is 0.407 e. The van der Waals surface area contributed by atoms with Gasteiger partial charge in [0.25, 0.3) is 0 Å². The summed E-state index contributed by atoms with van der Waals surface area (Å²) in [5.74, 6) is 0.338. The molecular weight excluding hydrogens is 564 g/mol. The lowest BCUT2D eigenvalue weighted by molar-refractivity contribution is -0.0905. The molecule has 2 heterocycles. The minimum absolute atomic E-state index is 0.00121. The van der Waals surface area contributed by atoms with E-state index in [0.29, 0.717) is 35.9 Å². The average molecular weight is 607 g/mol. The number of carbonyl (C=O) groups excluding carboxylic acids is 1. The van der Waals surface area contributed by atoms with Crippen LogP contribution in [0.15, 0.2) is 42.5 Å². The highest BCUT2D eigenvalue weighted by atomic mass is 32.2. The van der Waals surface area contributed by atoms with Crippen molar-refractivity contribution < 1.29 is 42.4 Å². The van der Waals surface area contributed by atoms with Crippen LogP contribution in [0.25, 0.3) is 0 Å². The number of hydrogen-bond acceptors (Lipinski definition) is 9. The van der Waals surface area contributed by atoms with Crippen molar-refractivity contribution >= 4 is 21.8 Å². The van der Waals surface area contributed by atoms with Crippen LogP contribution in [-0.4, -0.2) is 75.3 Å².